The second-order valence-electron chi connectivity index (χ2n) is 9.13. The van der Waals surface area contributed by atoms with Crippen LogP contribution in [-0.2, 0) is 11.3 Å². The Hall–Kier alpha value is -3.14. The quantitative estimate of drug-likeness (QED) is 0.422. The van der Waals surface area contributed by atoms with Crippen LogP contribution in [-0.4, -0.2) is 63.9 Å². The van der Waals surface area contributed by atoms with Crippen molar-refractivity contribution >= 4 is 57.5 Å². The van der Waals surface area contributed by atoms with Gasteiger partial charge in [0.2, 0.25) is 5.91 Å². The molecule has 3 amide bonds. The number of hydrogen-bond donors (Lipinski definition) is 3. The number of carbonyl (C=O) groups is 2. The Balaban J connectivity index is 1.42. The number of nitrogens with two attached hydrogens (primary N) is 1. The van der Waals surface area contributed by atoms with Crippen LogP contribution in [0, 0.1) is 5.92 Å². The molecule has 0 saturated carbocycles. The molecule has 9 nitrogen and oxygen atoms in total. The first-order chi connectivity index (χ1) is 17.2. The van der Waals surface area contributed by atoms with E-state index in [1.807, 2.05) is 38.1 Å². The van der Waals surface area contributed by atoms with E-state index in [2.05, 4.69) is 15.5 Å². The first kappa shape index (κ1) is 25.9. The van der Waals surface area contributed by atoms with Crippen molar-refractivity contribution in [2.75, 3.05) is 36.8 Å². The molecule has 1 aromatic heterocycles. The van der Waals surface area contributed by atoms with Gasteiger partial charge in [-0.05, 0) is 36.2 Å². The molecule has 1 fully saturated rings. The second kappa shape index (κ2) is 11.3. The lowest BCUT2D eigenvalue weighted by atomic mass is 10.0. The minimum atomic E-state index is -0.549. The van der Waals surface area contributed by atoms with Gasteiger partial charge in [-0.2, -0.15) is 0 Å². The summed E-state index contributed by atoms with van der Waals surface area (Å²) < 4.78 is 0. The third kappa shape index (κ3) is 6.34. The summed E-state index contributed by atoms with van der Waals surface area (Å²) in [6, 6.07) is 11.9. The topological polar surface area (TPSA) is 116 Å². The molecule has 1 aliphatic heterocycles. The number of rotatable bonds is 7. The number of fused-ring (bicyclic) bond motifs is 1. The lowest BCUT2D eigenvalue weighted by Crippen LogP contribution is -2.49. The number of hydrogen-bond acceptors (Lipinski definition) is 6. The molecule has 11 heteroatoms. The summed E-state index contributed by atoms with van der Waals surface area (Å²) in [5.41, 5.74) is 6.96. The molecule has 1 atom stereocenters. The van der Waals surface area contributed by atoms with Gasteiger partial charge in [0.1, 0.15) is 17.7 Å². The Kier molecular flexibility index (Phi) is 8.13. The van der Waals surface area contributed by atoms with Gasteiger partial charge in [-0.3, -0.25) is 9.69 Å². The molecule has 0 aliphatic carbocycles. The maximum absolute atomic E-state index is 12.7. The van der Waals surface area contributed by atoms with Gasteiger partial charge in [0.05, 0.1) is 12.1 Å². The zero-order valence-electron chi connectivity index (χ0n) is 20.2. The van der Waals surface area contributed by atoms with Crippen molar-refractivity contribution in [2.24, 2.45) is 11.7 Å². The number of urea groups is 1. The van der Waals surface area contributed by atoms with Crippen molar-refractivity contribution in [1.82, 2.24) is 19.8 Å². The molecule has 36 heavy (non-hydrogen) atoms. The molecule has 0 unspecified atom stereocenters. The van der Waals surface area contributed by atoms with Crippen LogP contribution >= 0.6 is 23.2 Å². The highest BCUT2D eigenvalue weighted by Gasteiger charge is 2.24. The van der Waals surface area contributed by atoms with E-state index in [-0.39, 0.29) is 11.9 Å². The minimum Gasteiger partial charge on any atom is -0.368 e. The third-order valence-corrected chi connectivity index (χ3v) is 6.49. The van der Waals surface area contributed by atoms with Crippen LogP contribution in [0.3, 0.4) is 0 Å². The molecule has 0 radical (unpaired) electrons. The van der Waals surface area contributed by atoms with E-state index >= 15 is 0 Å². The third-order valence-electron chi connectivity index (χ3n) is 6.05. The maximum Gasteiger partial charge on any atom is 0.321 e. The summed E-state index contributed by atoms with van der Waals surface area (Å²) in [6.07, 6.45) is 0. The van der Waals surface area contributed by atoms with Gasteiger partial charge in [0, 0.05) is 47.3 Å². The molecule has 2 heterocycles. The van der Waals surface area contributed by atoms with Crippen LogP contribution in [0.2, 0.25) is 10.0 Å². The van der Waals surface area contributed by atoms with Crippen LogP contribution in [0.15, 0.2) is 42.5 Å². The Morgan fingerprint density at radius 2 is 1.69 bits per heavy atom. The van der Waals surface area contributed by atoms with Crippen molar-refractivity contribution in [3.05, 3.63) is 58.3 Å². The summed E-state index contributed by atoms with van der Waals surface area (Å²) in [4.78, 5) is 38.1. The fraction of sp³-hybridized carbons (Fsp3) is 0.360. The van der Waals surface area contributed by atoms with Crippen molar-refractivity contribution in [3.63, 3.8) is 0 Å². The number of aromatic nitrogens is 2. The normalized spacial score (nSPS) is 15.2. The number of primary amides is 1. The molecule has 4 N–H and O–H groups in total. The number of carbonyl (C=O) groups excluding carboxylic acids is 2. The van der Waals surface area contributed by atoms with Gasteiger partial charge in [-0.1, -0.05) is 49.2 Å². The first-order valence-electron chi connectivity index (χ1n) is 11.8. The summed E-state index contributed by atoms with van der Waals surface area (Å²) in [6.45, 7) is 6.82. The van der Waals surface area contributed by atoms with Gasteiger partial charge < -0.3 is 21.3 Å². The molecular weight excluding hydrogens is 501 g/mol. The predicted molar refractivity (Wildman–Crippen MR) is 143 cm³/mol. The van der Waals surface area contributed by atoms with Crippen molar-refractivity contribution in [2.45, 2.75) is 26.4 Å². The molecule has 0 bridgehead atoms. The van der Waals surface area contributed by atoms with E-state index in [9.17, 15) is 9.59 Å². The highest BCUT2D eigenvalue weighted by Crippen LogP contribution is 2.24. The number of benzene rings is 2. The zero-order valence-corrected chi connectivity index (χ0v) is 21.7. The summed E-state index contributed by atoms with van der Waals surface area (Å²) in [5.74, 6) is 0.798. The van der Waals surface area contributed by atoms with E-state index in [1.54, 1.807) is 23.1 Å². The van der Waals surface area contributed by atoms with Gasteiger partial charge in [-0.15, -0.1) is 0 Å². The van der Waals surface area contributed by atoms with Gasteiger partial charge in [0.15, 0.2) is 0 Å². The van der Waals surface area contributed by atoms with E-state index in [0.717, 1.165) is 10.9 Å². The predicted octanol–water partition coefficient (Wildman–Crippen LogP) is 4.21. The Bertz CT molecular complexity index is 1240. The molecule has 190 valence electrons. The molecule has 0 spiro atoms. The Labute approximate surface area is 220 Å². The highest BCUT2D eigenvalue weighted by atomic mass is 35.5. The van der Waals surface area contributed by atoms with Crippen LogP contribution in [0.25, 0.3) is 10.9 Å². The molecule has 1 saturated heterocycles. The maximum atomic E-state index is 12.7. The van der Waals surface area contributed by atoms with Crippen LogP contribution < -0.4 is 16.4 Å². The average molecular weight is 530 g/mol. The number of amides is 3. The summed E-state index contributed by atoms with van der Waals surface area (Å²) >= 11 is 12.1. The van der Waals surface area contributed by atoms with Crippen molar-refractivity contribution < 1.29 is 9.59 Å². The van der Waals surface area contributed by atoms with E-state index in [1.165, 1.54) is 0 Å². The van der Waals surface area contributed by atoms with E-state index in [4.69, 9.17) is 38.9 Å². The van der Waals surface area contributed by atoms with Gasteiger partial charge >= 0.3 is 6.03 Å². The number of nitrogens with zero attached hydrogens (tertiary/aromatic N) is 4. The van der Waals surface area contributed by atoms with Crippen molar-refractivity contribution in [3.8, 4) is 0 Å². The summed E-state index contributed by atoms with van der Waals surface area (Å²) in [5, 5.41) is 7.83. The molecule has 3 aromatic rings. The largest absolute Gasteiger partial charge is 0.368 e. The fourth-order valence-corrected chi connectivity index (χ4v) is 4.68. The minimum absolute atomic E-state index is 0.00170. The number of piperazine rings is 1. The average Bonchev–Trinajstić information content (AvgIpc) is 2.81. The van der Waals surface area contributed by atoms with E-state index < -0.39 is 11.9 Å². The molecular formula is C25H29Cl2N7O2. The van der Waals surface area contributed by atoms with Crippen LogP contribution in [0.5, 0.6) is 0 Å². The summed E-state index contributed by atoms with van der Waals surface area (Å²) in [7, 11) is 0. The van der Waals surface area contributed by atoms with Crippen molar-refractivity contribution in [1.29, 1.82) is 0 Å². The fourth-order valence-electron chi connectivity index (χ4n) is 4.16. The highest BCUT2D eigenvalue weighted by molar-refractivity contribution is 6.35. The number of nitrogens with one attached hydrogen (secondary N) is 2. The van der Waals surface area contributed by atoms with E-state index in [0.29, 0.717) is 60.1 Å². The van der Waals surface area contributed by atoms with Crippen LogP contribution in [0.1, 0.15) is 19.7 Å². The monoisotopic (exact) mass is 529 g/mol. The van der Waals surface area contributed by atoms with Gasteiger partial charge in [0.25, 0.3) is 0 Å². The standard InChI is InChI=1S/C25H29Cl2N7O2/c1-15(2)22(23(28)35)32-24-19-5-3-4-6-20(19)30-21(31-24)14-33-7-9-34(10-8-33)25(36)29-18-12-16(26)11-17(27)13-18/h3-6,11-13,15,22H,7-10,14H2,1-2H3,(H2,28,35)(H,29,36)(H,30,31,32)/t22-/m0/s1. The zero-order chi connectivity index (χ0) is 25.8. The smallest absolute Gasteiger partial charge is 0.321 e. The number of halogens is 2. The SMILES string of the molecule is CC(C)[C@H](Nc1nc(CN2CCN(C(=O)Nc3cc(Cl)cc(Cl)c3)CC2)nc2ccccc12)C(N)=O. The lowest BCUT2D eigenvalue weighted by Gasteiger charge is -2.34. The number of anilines is 2. The number of para-hydroxylation sites is 1. The van der Waals surface area contributed by atoms with Crippen LogP contribution in [0.4, 0.5) is 16.3 Å². The molecule has 1 aliphatic rings. The first-order valence-corrected chi connectivity index (χ1v) is 12.5. The molecule has 4 rings (SSSR count). The second-order valence-corrected chi connectivity index (χ2v) is 10.00. The Morgan fingerprint density at radius 1 is 1.03 bits per heavy atom. The molecule has 2 aromatic carbocycles. The Morgan fingerprint density at radius 3 is 2.33 bits per heavy atom. The van der Waals surface area contributed by atoms with Gasteiger partial charge in [-0.25, -0.2) is 14.8 Å². The lowest BCUT2D eigenvalue weighted by molar-refractivity contribution is -0.119.